The maximum Gasteiger partial charge on any atom is 0.352 e. The van der Waals surface area contributed by atoms with Crippen LogP contribution in [0, 0.1) is 0 Å². The van der Waals surface area contributed by atoms with Crippen molar-refractivity contribution >= 4 is 51.1 Å². The van der Waals surface area contributed by atoms with Crippen molar-refractivity contribution in [3.63, 3.8) is 0 Å². The van der Waals surface area contributed by atoms with Gasteiger partial charge in [0.1, 0.15) is 0 Å². The number of halogens is 3. The zero-order valence-corrected chi connectivity index (χ0v) is 15.2. The van der Waals surface area contributed by atoms with Crippen LogP contribution in [0.5, 0.6) is 5.75 Å². The Labute approximate surface area is 147 Å². The average Bonchev–Trinajstić information content (AvgIpc) is 2.41. The van der Waals surface area contributed by atoms with Crippen molar-refractivity contribution in [2.75, 3.05) is 0 Å². The average molecular weight is 410 g/mol. The topological polar surface area (TPSA) is 52.6 Å². The quantitative estimate of drug-likeness (QED) is 0.379. The molecule has 0 amide bonds. The van der Waals surface area contributed by atoms with E-state index in [2.05, 4.69) is 22.5 Å². The lowest BCUT2D eigenvalue weighted by atomic mass is 10.2. The van der Waals surface area contributed by atoms with E-state index in [4.69, 9.17) is 32.7 Å². The van der Waals surface area contributed by atoms with Crippen molar-refractivity contribution < 1.29 is 19.1 Å². The molecule has 120 valence electrons. The number of ether oxygens (including phenoxy) is 2. The Hall–Kier alpha value is -1.04. The summed E-state index contributed by atoms with van der Waals surface area (Å²) in [5, 5.41) is 0.350. The number of esters is 2. The molecular weight excluding hydrogens is 395 g/mol. The fraction of sp³-hybridized carbons (Fsp3) is 0.333. The third kappa shape index (κ3) is 5.30. The number of hydrogen-bond acceptors (Lipinski definition) is 4. The zero-order valence-electron chi connectivity index (χ0n) is 12.1. The van der Waals surface area contributed by atoms with Crippen LogP contribution in [0.2, 0.25) is 10.0 Å². The first-order valence-electron chi connectivity index (χ1n) is 6.49. The van der Waals surface area contributed by atoms with Crippen molar-refractivity contribution in [3.05, 3.63) is 38.8 Å². The first-order chi connectivity index (χ1) is 10.3. The molecular formula is C15H15BrCl2O4. The standard InChI is InChI=1S/C15H15BrCl2O4/c1-4-5-12(21-14(19)8(2)3)15(20)22-13-10(17)6-9(16)7-11(13)18/h6-7,12H,2,4-5H2,1,3H3. The van der Waals surface area contributed by atoms with E-state index < -0.39 is 18.0 Å². The van der Waals surface area contributed by atoms with Gasteiger partial charge < -0.3 is 9.47 Å². The Morgan fingerprint density at radius 1 is 1.32 bits per heavy atom. The Balaban J connectivity index is 2.92. The summed E-state index contributed by atoms with van der Waals surface area (Å²) in [4.78, 5) is 23.8. The van der Waals surface area contributed by atoms with Gasteiger partial charge in [0.05, 0.1) is 10.0 Å². The van der Waals surface area contributed by atoms with E-state index in [1.54, 1.807) is 12.1 Å². The van der Waals surface area contributed by atoms with Crippen LogP contribution >= 0.6 is 39.1 Å². The number of rotatable bonds is 6. The molecule has 0 radical (unpaired) electrons. The molecule has 0 heterocycles. The highest BCUT2D eigenvalue weighted by atomic mass is 79.9. The summed E-state index contributed by atoms with van der Waals surface area (Å²) in [6.45, 7) is 6.83. The van der Waals surface area contributed by atoms with E-state index in [0.717, 1.165) is 0 Å². The first kappa shape index (κ1) is 19.0. The molecule has 0 spiro atoms. The molecule has 4 nitrogen and oxygen atoms in total. The third-order valence-electron chi connectivity index (χ3n) is 2.58. The molecule has 0 N–H and O–H groups in total. The van der Waals surface area contributed by atoms with Gasteiger partial charge in [0, 0.05) is 10.0 Å². The Bertz CT molecular complexity index is 578. The van der Waals surface area contributed by atoms with Crippen molar-refractivity contribution in [1.82, 2.24) is 0 Å². The summed E-state index contributed by atoms with van der Waals surface area (Å²) in [6, 6.07) is 3.09. The molecule has 0 bridgehead atoms. The zero-order chi connectivity index (χ0) is 16.9. The van der Waals surface area contributed by atoms with Gasteiger partial charge in [-0.1, -0.05) is 59.1 Å². The van der Waals surface area contributed by atoms with Gasteiger partial charge in [-0.05, 0) is 25.5 Å². The van der Waals surface area contributed by atoms with Gasteiger partial charge in [0.15, 0.2) is 11.9 Å². The molecule has 1 rings (SSSR count). The normalized spacial score (nSPS) is 11.7. The second-order valence-corrected chi connectivity index (χ2v) is 6.31. The van der Waals surface area contributed by atoms with E-state index >= 15 is 0 Å². The SMILES string of the molecule is C=C(C)C(=O)OC(CCC)C(=O)Oc1c(Cl)cc(Br)cc1Cl. The lowest BCUT2D eigenvalue weighted by molar-refractivity contribution is -0.159. The van der Waals surface area contributed by atoms with Crippen molar-refractivity contribution in [3.8, 4) is 5.75 Å². The highest BCUT2D eigenvalue weighted by Gasteiger charge is 2.26. The van der Waals surface area contributed by atoms with E-state index in [0.29, 0.717) is 17.3 Å². The molecule has 1 aromatic carbocycles. The van der Waals surface area contributed by atoms with Crippen LogP contribution < -0.4 is 4.74 Å². The van der Waals surface area contributed by atoms with E-state index in [-0.39, 0.29) is 21.4 Å². The fourth-order valence-corrected chi connectivity index (χ4v) is 2.80. The molecule has 0 aromatic heterocycles. The third-order valence-corrected chi connectivity index (χ3v) is 3.60. The van der Waals surface area contributed by atoms with Crippen LogP contribution in [-0.2, 0) is 14.3 Å². The van der Waals surface area contributed by atoms with Crippen molar-refractivity contribution in [2.45, 2.75) is 32.8 Å². The lowest BCUT2D eigenvalue weighted by Crippen LogP contribution is -2.31. The maximum atomic E-state index is 12.2. The van der Waals surface area contributed by atoms with Crippen LogP contribution in [-0.4, -0.2) is 18.0 Å². The minimum atomic E-state index is -1.04. The Kier molecular flexibility index (Phi) is 7.39. The molecule has 0 saturated carbocycles. The molecule has 1 atom stereocenters. The van der Waals surface area contributed by atoms with Gasteiger partial charge in [-0.25, -0.2) is 9.59 Å². The molecule has 1 unspecified atom stereocenters. The first-order valence-corrected chi connectivity index (χ1v) is 8.03. The van der Waals surface area contributed by atoms with Gasteiger partial charge >= 0.3 is 11.9 Å². The molecule has 0 fully saturated rings. The Morgan fingerprint density at radius 2 is 1.86 bits per heavy atom. The van der Waals surface area contributed by atoms with E-state index in [1.807, 2.05) is 6.92 Å². The van der Waals surface area contributed by atoms with Gasteiger partial charge in [0.25, 0.3) is 0 Å². The second-order valence-electron chi connectivity index (χ2n) is 4.58. The van der Waals surface area contributed by atoms with Gasteiger partial charge in [-0.3, -0.25) is 0 Å². The molecule has 22 heavy (non-hydrogen) atoms. The monoisotopic (exact) mass is 408 g/mol. The number of benzene rings is 1. The summed E-state index contributed by atoms with van der Waals surface area (Å²) in [5.41, 5.74) is 0.202. The van der Waals surface area contributed by atoms with Crippen LogP contribution in [0.3, 0.4) is 0 Å². The van der Waals surface area contributed by atoms with Crippen LogP contribution in [0.4, 0.5) is 0 Å². The van der Waals surface area contributed by atoms with Gasteiger partial charge in [-0.2, -0.15) is 0 Å². The molecule has 0 aliphatic heterocycles. The maximum absolute atomic E-state index is 12.2. The summed E-state index contributed by atoms with van der Waals surface area (Å²) in [5.74, 6) is -1.35. The lowest BCUT2D eigenvalue weighted by Gasteiger charge is -2.17. The molecule has 0 aliphatic rings. The molecule has 0 saturated heterocycles. The minimum Gasteiger partial charge on any atom is -0.447 e. The number of hydrogen-bond donors (Lipinski definition) is 0. The summed E-state index contributed by atoms with van der Waals surface area (Å²) < 4.78 is 10.9. The van der Waals surface area contributed by atoms with Gasteiger partial charge in [0.2, 0.25) is 0 Å². The second kappa shape index (κ2) is 8.56. The molecule has 7 heteroatoms. The Morgan fingerprint density at radius 3 is 2.32 bits per heavy atom. The van der Waals surface area contributed by atoms with E-state index in [9.17, 15) is 9.59 Å². The summed E-state index contributed by atoms with van der Waals surface area (Å²) in [6.07, 6.45) is -0.0840. The van der Waals surface area contributed by atoms with Crippen molar-refractivity contribution in [1.29, 1.82) is 0 Å². The van der Waals surface area contributed by atoms with E-state index in [1.165, 1.54) is 6.92 Å². The predicted molar refractivity (Wildman–Crippen MR) is 89.4 cm³/mol. The van der Waals surface area contributed by atoms with Crippen LogP contribution in [0.25, 0.3) is 0 Å². The largest absolute Gasteiger partial charge is 0.447 e. The van der Waals surface area contributed by atoms with Gasteiger partial charge in [-0.15, -0.1) is 0 Å². The predicted octanol–water partition coefficient (Wildman–Crippen LogP) is 4.95. The number of carbonyl (C=O) groups is 2. The fourth-order valence-electron chi connectivity index (χ4n) is 1.51. The van der Waals surface area contributed by atoms with Crippen LogP contribution in [0.1, 0.15) is 26.7 Å². The highest BCUT2D eigenvalue weighted by molar-refractivity contribution is 9.10. The smallest absolute Gasteiger partial charge is 0.352 e. The highest BCUT2D eigenvalue weighted by Crippen LogP contribution is 2.36. The summed E-state index contributed by atoms with van der Waals surface area (Å²) in [7, 11) is 0. The number of carbonyl (C=O) groups excluding carboxylic acids is 2. The summed E-state index contributed by atoms with van der Waals surface area (Å²) >= 11 is 15.2. The minimum absolute atomic E-state index is 0.0315. The molecule has 0 aliphatic carbocycles. The van der Waals surface area contributed by atoms with Crippen LogP contribution in [0.15, 0.2) is 28.8 Å². The van der Waals surface area contributed by atoms with Crippen molar-refractivity contribution in [2.24, 2.45) is 0 Å². The molecule has 1 aromatic rings.